The van der Waals surface area contributed by atoms with Crippen LogP contribution in [0.25, 0.3) is 0 Å². The van der Waals surface area contributed by atoms with Gasteiger partial charge in [0.2, 0.25) is 5.91 Å². The molecule has 1 aliphatic carbocycles. The first-order valence-electron chi connectivity index (χ1n) is 17.9. The molecule has 292 valence electrons. The molecule has 2 aliphatic heterocycles. The van der Waals surface area contributed by atoms with E-state index in [1.54, 1.807) is 11.9 Å². The molecule has 3 aliphatic rings. The van der Waals surface area contributed by atoms with Crippen LogP contribution in [0, 0.1) is 5.82 Å². The number of halogens is 7. The SMILES string of the molecule is CN(CCCN)C(=O)CO[C@H]1Cc2ccccc2C12CCN(CC[C@@]1(c3ccc(F)cc3)CN(C(=O)c3cc(C(F)(F)F)cc(C(F)(F)F)c3)CO1)CC2. The fraction of sp³-hybridized carbons (Fsp3) is 0.487. The van der Waals surface area contributed by atoms with Crippen LogP contribution >= 0.6 is 0 Å². The highest BCUT2D eigenvalue weighted by Crippen LogP contribution is 2.48. The summed E-state index contributed by atoms with van der Waals surface area (Å²) in [7, 11) is 1.73. The molecule has 8 nitrogen and oxygen atoms in total. The molecule has 2 amide bonds. The second-order valence-electron chi connectivity index (χ2n) is 14.4. The minimum Gasteiger partial charge on any atom is -0.367 e. The van der Waals surface area contributed by atoms with Crippen molar-refractivity contribution in [1.82, 2.24) is 14.7 Å². The smallest absolute Gasteiger partial charge is 0.367 e. The Morgan fingerprint density at radius 1 is 0.963 bits per heavy atom. The Balaban J connectivity index is 1.17. The van der Waals surface area contributed by atoms with Crippen molar-refractivity contribution in [1.29, 1.82) is 0 Å². The molecule has 0 saturated carbocycles. The fourth-order valence-electron chi connectivity index (χ4n) is 8.03. The largest absolute Gasteiger partial charge is 0.416 e. The van der Waals surface area contributed by atoms with Gasteiger partial charge in [-0.05, 0) is 98.8 Å². The van der Waals surface area contributed by atoms with E-state index in [1.807, 2.05) is 12.1 Å². The molecule has 0 aromatic heterocycles. The van der Waals surface area contributed by atoms with Gasteiger partial charge in [-0.25, -0.2) is 4.39 Å². The first-order valence-corrected chi connectivity index (χ1v) is 17.9. The summed E-state index contributed by atoms with van der Waals surface area (Å²) in [4.78, 5) is 31.3. The van der Waals surface area contributed by atoms with Crippen molar-refractivity contribution in [2.24, 2.45) is 5.73 Å². The van der Waals surface area contributed by atoms with Crippen LogP contribution in [-0.4, -0.2) is 92.3 Å². The van der Waals surface area contributed by atoms with Gasteiger partial charge >= 0.3 is 12.4 Å². The minimum atomic E-state index is -5.12. The van der Waals surface area contributed by atoms with Crippen molar-refractivity contribution in [3.8, 4) is 0 Å². The topological polar surface area (TPSA) is 88.3 Å². The summed E-state index contributed by atoms with van der Waals surface area (Å²) in [6.07, 6.45) is -7.31. The van der Waals surface area contributed by atoms with Gasteiger partial charge in [0.1, 0.15) is 24.8 Å². The van der Waals surface area contributed by atoms with Crippen molar-refractivity contribution in [3.63, 3.8) is 0 Å². The number of piperidine rings is 1. The lowest BCUT2D eigenvalue weighted by molar-refractivity contribution is -0.143. The molecule has 0 bridgehead atoms. The molecular weight excluding hydrogens is 721 g/mol. The van der Waals surface area contributed by atoms with Gasteiger partial charge in [-0.3, -0.25) is 9.59 Å². The van der Waals surface area contributed by atoms with Crippen molar-refractivity contribution in [2.45, 2.75) is 61.6 Å². The highest BCUT2D eigenvalue weighted by molar-refractivity contribution is 5.95. The van der Waals surface area contributed by atoms with Crippen molar-refractivity contribution in [2.75, 3.05) is 59.7 Å². The van der Waals surface area contributed by atoms with Gasteiger partial charge in [0, 0.05) is 31.1 Å². The van der Waals surface area contributed by atoms with E-state index in [0.29, 0.717) is 69.7 Å². The fourth-order valence-corrected chi connectivity index (χ4v) is 8.03. The lowest BCUT2D eigenvalue weighted by Gasteiger charge is -2.44. The number of likely N-dealkylation sites (tertiary alicyclic amines) is 1. The number of fused-ring (bicyclic) bond motifs is 2. The number of hydrogen-bond donors (Lipinski definition) is 1. The van der Waals surface area contributed by atoms with Gasteiger partial charge in [0.15, 0.2) is 0 Å². The van der Waals surface area contributed by atoms with Crippen LogP contribution in [0.1, 0.15) is 63.9 Å². The Labute approximate surface area is 309 Å². The van der Waals surface area contributed by atoms with Crippen LogP contribution in [0.3, 0.4) is 0 Å². The van der Waals surface area contributed by atoms with Crippen molar-refractivity contribution in [3.05, 3.63) is 106 Å². The number of carbonyl (C=O) groups is 2. The van der Waals surface area contributed by atoms with Gasteiger partial charge < -0.3 is 29.9 Å². The van der Waals surface area contributed by atoms with E-state index in [1.165, 1.54) is 35.4 Å². The number of alkyl halides is 6. The molecule has 2 fully saturated rings. The van der Waals surface area contributed by atoms with E-state index in [2.05, 4.69) is 17.0 Å². The highest BCUT2D eigenvalue weighted by Gasteiger charge is 2.50. The second-order valence-corrected chi connectivity index (χ2v) is 14.4. The highest BCUT2D eigenvalue weighted by atomic mass is 19.4. The predicted octanol–water partition coefficient (Wildman–Crippen LogP) is 6.36. The van der Waals surface area contributed by atoms with Crippen LogP contribution in [0.2, 0.25) is 0 Å². The van der Waals surface area contributed by atoms with E-state index < -0.39 is 53.1 Å². The van der Waals surface area contributed by atoms with Crippen LogP contribution < -0.4 is 5.73 Å². The van der Waals surface area contributed by atoms with Crippen molar-refractivity contribution < 1.29 is 49.8 Å². The molecule has 2 N–H and O–H groups in total. The Morgan fingerprint density at radius 2 is 1.61 bits per heavy atom. The van der Waals surface area contributed by atoms with E-state index in [-0.39, 0.29) is 36.6 Å². The summed E-state index contributed by atoms with van der Waals surface area (Å²) in [5, 5.41) is 0. The molecular formula is C39H43F7N4O4. The molecule has 2 saturated heterocycles. The summed E-state index contributed by atoms with van der Waals surface area (Å²) < 4.78 is 108. The molecule has 1 spiro atoms. The van der Waals surface area contributed by atoms with Crippen LogP contribution in [-0.2, 0) is 44.1 Å². The summed E-state index contributed by atoms with van der Waals surface area (Å²) in [6, 6.07) is 14.5. The quantitative estimate of drug-likeness (QED) is 0.229. The van der Waals surface area contributed by atoms with Gasteiger partial charge in [-0.1, -0.05) is 36.4 Å². The summed E-state index contributed by atoms with van der Waals surface area (Å²) in [5.41, 5.74) is 3.04. The van der Waals surface area contributed by atoms with Gasteiger partial charge in [-0.15, -0.1) is 0 Å². The number of ether oxygens (including phenoxy) is 2. The summed E-state index contributed by atoms with van der Waals surface area (Å²) in [5.74, 6) is -1.68. The first-order chi connectivity index (χ1) is 25.5. The summed E-state index contributed by atoms with van der Waals surface area (Å²) >= 11 is 0. The van der Waals surface area contributed by atoms with Crippen LogP contribution in [0.15, 0.2) is 66.7 Å². The number of hydrogen-bond acceptors (Lipinski definition) is 6. The molecule has 3 aromatic rings. The molecule has 2 atom stereocenters. The number of nitrogens with zero attached hydrogens (tertiary/aromatic N) is 3. The Kier molecular flexibility index (Phi) is 11.4. The number of nitrogens with two attached hydrogens (primary N) is 1. The summed E-state index contributed by atoms with van der Waals surface area (Å²) in [6.45, 7) is 2.19. The Morgan fingerprint density at radius 3 is 2.24 bits per heavy atom. The maximum atomic E-state index is 14.0. The number of likely N-dealkylation sites (N-methyl/N-ethyl adjacent to an activating group) is 1. The maximum absolute atomic E-state index is 14.0. The third kappa shape index (κ3) is 8.28. The van der Waals surface area contributed by atoms with Gasteiger partial charge in [-0.2, -0.15) is 26.3 Å². The number of carbonyl (C=O) groups excluding carboxylic acids is 2. The predicted molar refractivity (Wildman–Crippen MR) is 185 cm³/mol. The average Bonchev–Trinajstić information content (AvgIpc) is 3.72. The molecule has 15 heteroatoms. The molecule has 3 aromatic carbocycles. The first kappa shape index (κ1) is 39.6. The monoisotopic (exact) mass is 764 g/mol. The Bertz CT molecular complexity index is 1780. The van der Waals surface area contributed by atoms with Crippen molar-refractivity contribution >= 4 is 11.8 Å². The van der Waals surface area contributed by atoms with Gasteiger partial charge in [0.25, 0.3) is 5.91 Å². The Hall–Kier alpha value is -4.05. The van der Waals surface area contributed by atoms with Gasteiger partial charge in [0.05, 0.1) is 23.8 Å². The molecule has 54 heavy (non-hydrogen) atoms. The zero-order chi connectivity index (χ0) is 38.9. The molecule has 6 rings (SSSR count). The number of amides is 2. The number of rotatable bonds is 11. The maximum Gasteiger partial charge on any atom is 0.416 e. The zero-order valence-electron chi connectivity index (χ0n) is 29.8. The number of benzene rings is 3. The standard InChI is InChI=1S/C39H43F7N4O4/c1-48(15-4-14-47)34(51)23-53-33-21-26-5-2-3-6-32(26)36(33)11-16-49(17-12-36)18-13-37(28-7-9-31(40)10-8-28)24-50(25-54-37)35(52)27-19-29(38(41,42)43)22-30(20-27)39(44,45)46/h2-3,5-10,19-20,22,33H,4,11-18,21,23-25,47H2,1H3/t33-,37-/m0/s1. The zero-order valence-corrected chi connectivity index (χ0v) is 29.8. The van der Waals surface area contributed by atoms with E-state index in [0.717, 1.165) is 17.7 Å². The molecule has 0 unspecified atom stereocenters. The van der Waals surface area contributed by atoms with Crippen LogP contribution in [0.4, 0.5) is 30.7 Å². The van der Waals surface area contributed by atoms with Crippen LogP contribution in [0.5, 0.6) is 0 Å². The minimum absolute atomic E-state index is 0.0235. The third-order valence-corrected chi connectivity index (χ3v) is 11.1. The third-order valence-electron chi connectivity index (χ3n) is 11.1. The normalized spacial score (nSPS) is 21.4. The van der Waals surface area contributed by atoms with E-state index >= 15 is 0 Å². The van der Waals surface area contributed by atoms with E-state index in [9.17, 15) is 40.3 Å². The lowest BCUT2D eigenvalue weighted by Crippen LogP contribution is -2.50. The van der Waals surface area contributed by atoms with E-state index in [4.69, 9.17) is 15.2 Å². The molecule has 0 radical (unpaired) electrons. The lowest BCUT2D eigenvalue weighted by atomic mass is 9.72. The average molecular weight is 765 g/mol. The molecule has 2 heterocycles. The second kappa shape index (κ2) is 15.6.